The predicted octanol–water partition coefficient (Wildman–Crippen LogP) is 2.70. The fourth-order valence-electron chi connectivity index (χ4n) is 4.02. The van der Waals surface area contributed by atoms with Crippen molar-refractivity contribution < 1.29 is 14.3 Å². The minimum atomic E-state index is -0.227. The van der Waals surface area contributed by atoms with Gasteiger partial charge in [0.15, 0.2) is 5.96 Å². The minimum absolute atomic E-state index is 0. The van der Waals surface area contributed by atoms with Crippen molar-refractivity contribution in [1.82, 2.24) is 15.1 Å². The van der Waals surface area contributed by atoms with Crippen molar-refractivity contribution in [1.29, 1.82) is 0 Å². The molecular weight excluding hydrogens is 483 g/mol. The number of rotatable bonds is 4. The Hall–Kier alpha value is -1.55. The molecule has 0 saturated carbocycles. The van der Waals surface area contributed by atoms with E-state index in [9.17, 15) is 4.79 Å². The molecule has 0 unspecified atom stereocenters. The third-order valence-electron chi connectivity index (χ3n) is 5.74. The Kier molecular flexibility index (Phi) is 9.48. The summed E-state index contributed by atoms with van der Waals surface area (Å²) < 4.78 is 10.7. The van der Waals surface area contributed by atoms with E-state index in [1.54, 1.807) is 4.90 Å². The highest BCUT2D eigenvalue weighted by Crippen LogP contribution is 2.34. The topological polar surface area (TPSA) is 66.4 Å². The van der Waals surface area contributed by atoms with Crippen LogP contribution in [0.5, 0.6) is 0 Å². The maximum atomic E-state index is 11.9. The molecule has 2 aliphatic rings. The molecule has 0 aromatic heterocycles. The van der Waals surface area contributed by atoms with E-state index in [1.165, 1.54) is 5.56 Å². The van der Waals surface area contributed by atoms with E-state index in [4.69, 9.17) is 9.47 Å². The molecule has 8 heteroatoms. The first-order valence-electron chi connectivity index (χ1n) is 10.2. The molecule has 0 bridgehead atoms. The molecule has 162 valence electrons. The molecule has 1 aromatic rings. The number of piperazine rings is 1. The Morgan fingerprint density at radius 2 is 1.76 bits per heavy atom. The van der Waals surface area contributed by atoms with Gasteiger partial charge in [-0.3, -0.25) is 4.99 Å². The first kappa shape index (κ1) is 23.7. The van der Waals surface area contributed by atoms with E-state index in [-0.39, 0.29) is 35.5 Å². The number of ether oxygens (including phenoxy) is 2. The highest BCUT2D eigenvalue weighted by Gasteiger charge is 2.35. The minimum Gasteiger partial charge on any atom is -0.450 e. The number of hydrogen-bond donors (Lipinski definition) is 1. The summed E-state index contributed by atoms with van der Waals surface area (Å²) in [6.45, 7) is 7.44. The lowest BCUT2D eigenvalue weighted by atomic mass is 9.74. The summed E-state index contributed by atoms with van der Waals surface area (Å²) in [5, 5.41) is 3.60. The molecule has 7 nitrogen and oxygen atoms in total. The third kappa shape index (κ3) is 5.97. The van der Waals surface area contributed by atoms with Crippen LogP contribution in [0.15, 0.2) is 35.3 Å². The highest BCUT2D eigenvalue weighted by atomic mass is 127. The van der Waals surface area contributed by atoms with Gasteiger partial charge in [0.05, 0.1) is 6.61 Å². The number of carbonyl (C=O) groups is 1. The van der Waals surface area contributed by atoms with E-state index >= 15 is 0 Å². The smallest absolute Gasteiger partial charge is 0.409 e. The summed E-state index contributed by atoms with van der Waals surface area (Å²) in [7, 11) is 1.82. The zero-order chi connectivity index (χ0) is 19.8. The summed E-state index contributed by atoms with van der Waals surface area (Å²) in [5.74, 6) is 0.894. The van der Waals surface area contributed by atoms with E-state index in [1.807, 2.05) is 14.0 Å². The lowest BCUT2D eigenvalue weighted by Crippen LogP contribution is -2.55. The number of halogens is 1. The Balaban J connectivity index is 0.00000300. The van der Waals surface area contributed by atoms with E-state index in [0.29, 0.717) is 19.7 Å². The van der Waals surface area contributed by atoms with Gasteiger partial charge in [-0.05, 0) is 25.3 Å². The van der Waals surface area contributed by atoms with Gasteiger partial charge in [0.1, 0.15) is 0 Å². The maximum absolute atomic E-state index is 11.9. The molecule has 1 amide bonds. The second-order valence-corrected chi connectivity index (χ2v) is 7.33. The van der Waals surface area contributed by atoms with Gasteiger partial charge in [0, 0.05) is 58.4 Å². The molecule has 29 heavy (non-hydrogen) atoms. The second kappa shape index (κ2) is 11.6. The number of nitrogens with one attached hydrogen (secondary N) is 1. The van der Waals surface area contributed by atoms with Crippen LogP contribution in [0.25, 0.3) is 0 Å². The van der Waals surface area contributed by atoms with Crippen LogP contribution in [-0.2, 0) is 14.9 Å². The standard InChI is InChI=1S/C21H32N4O3.HI/c1-3-28-20(26)25-13-11-24(12-14-25)19(22-2)23-17-21(9-15-27-16-10-21)18-7-5-4-6-8-18;/h4-8H,3,9-17H2,1-2H3,(H,22,23);1H. The van der Waals surface area contributed by atoms with Gasteiger partial charge >= 0.3 is 6.09 Å². The fourth-order valence-corrected chi connectivity index (χ4v) is 4.02. The highest BCUT2D eigenvalue weighted by molar-refractivity contribution is 14.0. The molecule has 3 rings (SSSR count). The second-order valence-electron chi connectivity index (χ2n) is 7.33. The number of aliphatic imine (C=N–C) groups is 1. The van der Waals surface area contributed by atoms with Gasteiger partial charge in [0.2, 0.25) is 0 Å². The lowest BCUT2D eigenvalue weighted by Gasteiger charge is -2.40. The lowest BCUT2D eigenvalue weighted by molar-refractivity contribution is 0.0510. The molecule has 2 saturated heterocycles. The maximum Gasteiger partial charge on any atom is 0.409 e. The Labute approximate surface area is 190 Å². The monoisotopic (exact) mass is 516 g/mol. The summed E-state index contributed by atoms with van der Waals surface area (Å²) in [5.41, 5.74) is 1.41. The Bertz CT molecular complexity index is 657. The van der Waals surface area contributed by atoms with Gasteiger partial charge in [-0.25, -0.2) is 4.79 Å². The van der Waals surface area contributed by atoms with Crippen molar-refractivity contribution >= 4 is 36.0 Å². The van der Waals surface area contributed by atoms with Crippen LogP contribution in [0.3, 0.4) is 0 Å². The first-order valence-corrected chi connectivity index (χ1v) is 10.2. The van der Waals surface area contributed by atoms with Crippen LogP contribution >= 0.6 is 24.0 Å². The first-order chi connectivity index (χ1) is 13.7. The quantitative estimate of drug-likeness (QED) is 0.379. The molecule has 2 aliphatic heterocycles. The van der Waals surface area contributed by atoms with Crippen molar-refractivity contribution in [2.24, 2.45) is 4.99 Å². The van der Waals surface area contributed by atoms with Crippen molar-refractivity contribution in [3.05, 3.63) is 35.9 Å². The Morgan fingerprint density at radius 3 is 2.34 bits per heavy atom. The van der Waals surface area contributed by atoms with Gasteiger partial charge in [-0.2, -0.15) is 0 Å². The van der Waals surface area contributed by atoms with Crippen LogP contribution in [0.4, 0.5) is 4.79 Å². The third-order valence-corrected chi connectivity index (χ3v) is 5.74. The van der Waals surface area contributed by atoms with Crippen molar-refractivity contribution in [3.8, 4) is 0 Å². The Morgan fingerprint density at radius 1 is 1.14 bits per heavy atom. The molecule has 0 atom stereocenters. The number of carbonyl (C=O) groups excluding carboxylic acids is 1. The normalized spacial score (nSPS) is 19.3. The molecule has 1 aromatic carbocycles. The van der Waals surface area contributed by atoms with E-state index in [0.717, 1.165) is 51.6 Å². The van der Waals surface area contributed by atoms with E-state index in [2.05, 4.69) is 45.5 Å². The number of amides is 1. The van der Waals surface area contributed by atoms with E-state index < -0.39 is 0 Å². The molecule has 0 spiro atoms. The number of nitrogens with zero attached hydrogens (tertiary/aromatic N) is 3. The summed E-state index contributed by atoms with van der Waals surface area (Å²) in [6, 6.07) is 10.7. The van der Waals surface area contributed by atoms with Crippen molar-refractivity contribution in [2.75, 3.05) is 59.6 Å². The average molecular weight is 516 g/mol. The van der Waals surface area contributed by atoms with Crippen molar-refractivity contribution in [3.63, 3.8) is 0 Å². The van der Waals surface area contributed by atoms with Crippen LogP contribution in [0.1, 0.15) is 25.3 Å². The zero-order valence-electron chi connectivity index (χ0n) is 17.4. The zero-order valence-corrected chi connectivity index (χ0v) is 19.8. The predicted molar refractivity (Wildman–Crippen MR) is 125 cm³/mol. The SMILES string of the molecule is CCOC(=O)N1CCN(C(=NC)NCC2(c3ccccc3)CCOCC2)CC1.I. The molecular formula is C21H33IN4O3. The summed E-state index contributed by atoms with van der Waals surface area (Å²) in [4.78, 5) is 20.4. The van der Waals surface area contributed by atoms with Crippen molar-refractivity contribution in [2.45, 2.75) is 25.2 Å². The van der Waals surface area contributed by atoms with Crippen LogP contribution < -0.4 is 5.32 Å². The number of hydrogen-bond acceptors (Lipinski definition) is 4. The molecule has 0 radical (unpaired) electrons. The van der Waals surface area contributed by atoms with Gasteiger partial charge in [-0.1, -0.05) is 30.3 Å². The van der Waals surface area contributed by atoms with Crippen LogP contribution in [0.2, 0.25) is 0 Å². The number of benzene rings is 1. The largest absolute Gasteiger partial charge is 0.450 e. The van der Waals surface area contributed by atoms with Crippen LogP contribution in [0, 0.1) is 0 Å². The van der Waals surface area contributed by atoms with Gasteiger partial charge in [0.25, 0.3) is 0 Å². The molecule has 2 fully saturated rings. The van der Waals surface area contributed by atoms with Gasteiger partial charge < -0.3 is 24.6 Å². The van der Waals surface area contributed by atoms with Crippen LogP contribution in [-0.4, -0.2) is 81.4 Å². The average Bonchev–Trinajstić information content (AvgIpc) is 2.76. The fraction of sp³-hybridized carbons (Fsp3) is 0.619. The summed E-state index contributed by atoms with van der Waals surface area (Å²) >= 11 is 0. The molecule has 0 aliphatic carbocycles. The summed E-state index contributed by atoms with van der Waals surface area (Å²) in [6.07, 6.45) is 1.77. The number of guanidine groups is 1. The molecule has 1 N–H and O–H groups in total. The van der Waals surface area contributed by atoms with Gasteiger partial charge in [-0.15, -0.1) is 24.0 Å². The molecule has 2 heterocycles.